The van der Waals surface area contributed by atoms with Crippen LogP contribution in [0.15, 0.2) is 16.7 Å². The van der Waals surface area contributed by atoms with Gasteiger partial charge in [0.2, 0.25) is 0 Å². The molecule has 1 aliphatic rings. The summed E-state index contributed by atoms with van der Waals surface area (Å²) in [6.07, 6.45) is 2.54. The number of carboxylic acid groups (broad SMARTS) is 1. The number of hydrogen-bond donors (Lipinski definition) is 1. The van der Waals surface area contributed by atoms with E-state index < -0.39 is 5.97 Å². The van der Waals surface area contributed by atoms with Gasteiger partial charge < -0.3 is 14.4 Å². The first-order valence-corrected chi connectivity index (χ1v) is 5.65. The van der Waals surface area contributed by atoms with Crippen LogP contribution < -0.4 is 0 Å². The van der Waals surface area contributed by atoms with Gasteiger partial charge in [-0.2, -0.15) is 0 Å². The van der Waals surface area contributed by atoms with Gasteiger partial charge in [0.05, 0.1) is 17.7 Å². The number of carbonyl (C=O) groups is 2. The van der Waals surface area contributed by atoms with Crippen LogP contribution in [0.3, 0.4) is 0 Å². The van der Waals surface area contributed by atoms with Crippen molar-refractivity contribution in [2.24, 2.45) is 5.92 Å². The number of rotatable bonds is 2. The normalized spacial score (nSPS) is 17.1. The van der Waals surface area contributed by atoms with E-state index in [-0.39, 0.29) is 11.8 Å². The third-order valence-electron chi connectivity index (χ3n) is 3.22. The second-order valence-electron chi connectivity index (χ2n) is 4.30. The summed E-state index contributed by atoms with van der Waals surface area (Å²) in [5, 5.41) is 8.87. The topological polar surface area (TPSA) is 70.8 Å². The molecule has 0 saturated carbocycles. The number of aliphatic carboxylic acids is 1. The number of amides is 1. The highest BCUT2D eigenvalue weighted by atomic mass is 16.4. The highest BCUT2D eigenvalue weighted by Crippen LogP contribution is 2.20. The highest BCUT2D eigenvalue weighted by Gasteiger charge is 2.28. The van der Waals surface area contributed by atoms with Crippen molar-refractivity contribution in [3.63, 3.8) is 0 Å². The molecule has 0 spiro atoms. The lowest BCUT2D eigenvalue weighted by Gasteiger charge is -2.29. The summed E-state index contributed by atoms with van der Waals surface area (Å²) in [5.74, 6) is -0.545. The highest BCUT2D eigenvalue weighted by molar-refractivity contribution is 5.95. The van der Waals surface area contributed by atoms with E-state index in [9.17, 15) is 9.59 Å². The molecule has 1 N–H and O–H groups in total. The molecule has 1 aliphatic heterocycles. The second-order valence-corrected chi connectivity index (χ2v) is 4.30. The maximum absolute atomic E-state index is 12.1. The third kappa shape index (κ3) is 2.33. The lowest BCUT2D eigenvalue weighted by atomic mass is 9.96. The van der Waals surface area contributed by atoms with Gasteiger partial charge >= 0.3 is 5.97 Å². The van der Waals surface area contributed by atoms with Crippen LogP contribution in [-0.4, -0.2) is 35.0 Å². The molecule has 0 unspecified atom stereocenters. The first-order valence-electron chi connectivity index (χ1n) is 5.65. The molecule has 0 aromatic carbocycles. The van der Waals surface area contributed by atoms with Gasteiger partial charge in [0.15, 0.2) is 0 Å². The molecule has 0 atom stereocenters. The molecular weight excluding hydrogens is 222 g/mol. The van der Waals surface area contributed by atoms with Crippen molar-refractivity contribution in [3.8, 4) is 0 Å². The largest absolute Gasteiger partial charge is 0.481 e. The zero-order chi connectivity index (χ0) is 12.4. The number of carboxylic acids is 1. The maximum Gasteiger partial charge on any atom is 0.306 e. The third-order valence-corrected chi connectivity index (χ3v) is 3.22. The van der Waals surface area contributed by atoms with Gasteiger partial charge in [0, 0.05) is 13.1 Å². The van der Waals surface area contributed by atoms with Gasteiger partial charge in [0.25, 0.3) is 5.91 Å². The Bertz CT molecular complexity index is 429. The number of aryl methyl sites for hydroxylation is 1. The summed E-state index contributed by atoms with van der Waals surface area (Å²) in [7, 11) is 0. The Hall–Kier alpha value is -1.78. The lowest BCUT2D eigenvalue weighted by molar-refractivity contribution is -0.143. The summed E-state index contributed by atoms with van der Waals surface area (Å²) < 4.78 is 5.09. The minimum atomic E-state index is -0.767. The molecule has 17 heavy (non-hydrogen) atoms. The van der Waals surface area contributed by atoms with Gasteiger partial charge in [-0.3, -0.25) is 9.59 Å². The Kier molecular flexibility index (Phi) is 3.17. The number of piperidine rings is 1. The Morgan fingerprint density at radius 2 is 2.06 bits per heavy atom. The van der Waals surface area contributed by atoms with Crippen molar-refractivity contribution >= 4 is 11.9 Å². The minimum absolute atomic E-state index is 0.0694. The quantitative estimate of drug-likeness (QED) is 0.846. The molecular formula is C12H15NO4. The van der Waals surface area contributed by atoms with Crippen LogP contribution in [0, 0.1) is 12.8 Å². The molecule has 5 nitrogen and oxygen atoms in total. The first kappa shape index (κ1) is 11.7. The van der Waals surface area contributed by atoms with Gasteiger partial charge in [-0.25, -0.2) is 0 Å². The van der Waals surface area contributed by atoms with Crippen LogP contribution in [-0.2, 0) is 4.79 Å². The Labute approximate surface area is 99.0 Å². The molecule has 5 heteroatoms. The van der Waals surface area contributed by atoms with E-state index >= 15 is 0 Å². The van der Waals surface area contributed by atoms with Crippen LogP contribution >= 0.6 is 0 Å². The summed E-state index contributed by atoms with van der Waals surface area (Å²) >= 11 is 0. The molecule has 1 aromatic heterocycles. The number of nitrogens with zero attached hydrogens (tertiary/aromatic N) is 1. The number of furan rings is 1. The zero-order valence-electron chi connectivity index (χ0n) is 9.68. The lowest BCUT2D eigenvalue weighted by Crippen LogP contribution is -2.40. The number of likely N-dealkylation sites (tertiary alicyclic amines) is 1. The summed E-state index contributed by atoms with van der Waals surface area (Å²) in [5.41, 5.74) is 0.568. The summed E-state index contributed by atoms with van der Waals surface area (Å²) in [6, 6.07) is 1.65. The Balaban J connectivity index is 2.00. The molecule has 1 aromatic rings. The van der Waals surface area contributed by atoms with E-state index in [1.165, 1.54) is 6.26 Å². The first-order chi connectivity index (χ1) is 8.09. The van der Waals surface area contributed by atoms with Gasteiger partial charge in [-0.05, 0) is 25.8 Å². The summed E-state index contributed by atoms with van der Waals surface area (Å²) in [4.78, 5) is 24.6. The minimum Gasteiger partial charge on any atom is -0.481 e. The number of hydrogen-bond acceptors (Lipinski definition) is 3. The van der Waals surface area contributed by atoms with Gasteiger partial charge in [0.1, 0.15) is 5.76 Å². The molecule has 2 heterocycles. The standard InChI is InChI=1S/C12H15NO4/c1-8-10(4-7-17-8)11(14)13-5-2-9(3-6-13)12(15)16/h4,7,9H,2-3,5-6H2,1H3,(H,15,16). The van der Waals surface area contributed by atoms with E-state index in [2.05, 4.69) is 0 Å². The van der Waals surface area contributed by atoms with Crippen LogP contribution in [0.25, 0.3) is 0 Å². The van der Waals surface area contributed by atoms with Crippen molar-refractivity contribution in [3.05, 3.63) is 23.7 Å². The Morgan fingerprint density at radius 1 is 1.41 bits per heavy atom. The van der Waals surface area contributed by atoms with Crippen molar-refractivity contribution in [2.45, 2.75) is 19.8 Å². The van der Waals surface area contributed by atoms with Crippen molar-refractivity contribution in [1.29, 1.82) is 0 Å². The van der Waals surface area contributed by atoms with E-state index in [0.717, 1.165) is 0 Å². The second kappa shape index (κ2) is 4.61. The SMILES string of the molecule is Cc1occc1C(=O)N1CCC(C(=O)O)CC1. The Morgan fingerprint density at radius 3 is 2.53 bits per heavy atom. The van der Waals surface area contributed by atoms with Gasteiger partial charge in [-0.15, -0.1) is 0 Å². The fraction of sp³-hybridized carbons (Fsp3) is 0.500. The predicted molar refractivity (Wildman–Crippen MR) is 59.7 cm³/mol. The molecule has 1 fully saturated rings. The van der Waals surface area contributed by atoms with Crippen LogP contribution in [0.5, 0.6) is 0 Å². The van der Waals surface area contributed by atoms with Crippen molar-refractivity contribution in [1.82, 2.24) is 4.90 Å². The molecule has 1 saturated heterocycles. The van der Waals surface area contributed by atoms with Crippen LogP contribution in [0.1, 0.15) is 29.0 Å². The predicted octanol–water partition coefficient (Wildman–Crippen LogP) is 1.52. The molecule has 0 aliphatic carbocycles. The monoisotopic (exact) mass is 237 g/mol. The molecule has 0 bridgehead atoms. The maximum atomic E-state index is 12.1. The van der Waals surface area contributed by atoms with Crippen molar-refractivity contribution < 1.29 is 19.1 Å². The molecule has 92 valence electrons. The van der Waals surface area contributed by atoms with Crippen LogP contribution in [0.4, 0.5) is 0 Å². The van der Waals surface area contributed by atoms with E-state index in [4.69, 9.17) is 9.52 Å². The summed E-state index contributed by atoms with van der Waals surface area (Å²) in [6.45, 7) is 2.75. The average Bonchev–Trinajstić information content (AvgIpc) is 2.74. The fourth-order valence-corrected chi connectivity index (χ4v) is 2.11. The van der Waals surface area contributed by atoms with E-state index in [1.807, 2.05) is 0 Å². The van der Waals surface area contributed by atoms with Gasteiger partial charge in [-0.1, -0.05) is 0 Å². The van der Waals surface area contributed by atoms with Crippen LogP contribution in [0.2, 0.25) is 0 Å². The molecule has 1 amide bonds. The molecule has 2 rings (SSSR count). The zero-order valence-corrected chi connectivity index (χ0v) is 9.68. The van der Waals surface area contributed by atoms with E-state index in [1.54, 1.807) is 17.9 Å². The molecule has 0 radical (unpaired) electrons. The average molecular weight is 237 g/mol. The van der Waals surface area contributed by atoms with Crippen molar-refractivity contribution in [2.75, 3.05) is 13.1 Å². The van der Waals surface area contributed by atoms with E-state index in [0.29, 0.717) is 37.3 Å². The number of carbonyl (C=O) groups excluding carboxylic acids is 1. The fourth-order valence-electron chi connectivity index (χ4n) is 2.11. The smallest absolute Gasteiger partial charge is 0.306 e.